The summed E-state index contributed by atoms with van der Waals surface area (Å²) in [5.74, 6) is 0. The first kappa shape index (κ1) is 15.4. The number of hydrogen-bond donors (Lipinski definition) is 1. The molecule has 0 amide bonds. The van der Waals surface area contributed by atoms with Crippen molar-refractivity contribution in [2.24, 2.45) is 0 Å². The highest BCUT2D eigenvalue weighted by Crippen LogP contribution is 2.26. The van der Waals surface area contributed by atoms with Gasteiger partial charge in [-0.15, -0.1) is 0 Å². The van der Waals surface area contributed by atoms with Gasteiger partial charge in [0.1, 0.15) is 0 Å². The third-order valence-electron chi connectivity index (χ3n) is 1.07. The number of sulfonamides is 2. The lowest BCUT2D eigenvalue weighted by Gasteiger charge is -2.15. The second-order valence-corrected chi connectivity index (χ2v) is 6.05. The summed E-state index contributed by atoms with van der Waals surface area (Å²) in [5, 5.41) is -5.27. The van der Waals surface area contributed by atoms with Crippen molar-refractivity contribution in [2.45, 2.75) is 10.8 Å². The molecule has 0 heterocycles. The average Bonchev–Trinajstić information content (AvgIpc) is 1.99. The molecule has 0 radical (unpaired) electrons. The number of alkyl halides is 6. The minimum Gasteiger partial charge on any atom is -0.243 e. The maximum Gasteiger partial charge on any atom is 0.512 e. The first-order valence-electron chi connectivity index (χ1n) is 3.05. The van der Waals surface area contributed by atoms with Gasteiger partial charge in [0.05, 0.1) is 0 Å². The highest BCUT2D eigenvalue weighted by molar-refractivity contribution is 8.05. The van der Waals surface area contributed by atoms with E-state index in [-0.39, 0.29) is 4.13 Å². The average molecular weight is 295 g/mol. The zero-order chi connectivity index (χ0) is 13.4. The van der Waals surface area contributed by atoms with E-state index >= 15 is 0 Å². The zero-order valence-corrected chi connectivity index (χ0v) is 8.56. The number of halogens is 6. The highest BCUT2D eigenvalue weighted by Gasteiger charge is 2.54. The van der Waals surface area contributed by atoms with Crippen LogP contribution >= 0.6 is 0 Å². The third-order valence-corrected chi connectivity index (χ3v) is 4.33. The van der Waals surface area contributed by atoms with E-state index in [0.29, 0.717) is 0 Å². The summed E-state index contributed by atoms with van der Waals surface area (Å²) in [6.07, 6.45) is 0. The van der Waals surface area contributed by atoms with Crippen LogP contribution in [0.3, 0.4) is 0 Å². The van der Waals surface area contributed by atoms with Gasteiger partial charge < -0.3 is 0 Å². The van der Waals surface area contributed by atoms with Gasteiger partial charge in [-0.2, -0.15) is 22.0 Å². The maximum absolute atomic E-state index is 12.2. The van der Waals surface area contributed by atoms with E-state index in [0.717, 1.165) is 0 Å². The Bertz CT molecular complexity index is 449. The molecule has 16 heavy (non-hydrogen) atoms. The van der Waals surface area contributed by atoms with Crippen LogP contribution in [0.5, 0.6) is 0 Å². The standard InChI is InChI=1S/C3H3F6NO4S2/c4-1-2(5,6)15(11,12)10-16(13,14)3(7,8)9/h10H,1H2. The van der Waals surface area contributed by atoms with Crippen molar-refractivity contribution in [2.75, 3.05) is 6.67 Å². The van der Waals surface area contributed by atoms with Gasteiger partial charge in [0.2, 0.25) is 0 Å². The van der Waals surface area contributed by atoms with Crippen molar-refractivity contribution in [3.63, 3.8) is 0 Å². The fourth-order valence-electron chi connectivity index (χ4n) is 0.324. The van der Waals surface area contributed by atoms with E-state index in [1.807, 2.05) is 0 Å². The molecular formula is C3H3F6NO4S2. The summed E-state index contributed by atoms with van der Waals surface area (Å²) >= 11 is 0. The summed E-state index contributed by atoms with van der Waals surface area (Å²) < 4.78 is 111. The van der Waals surface area contributed by atoms with Gasteiger partial charge in [-0.05, 0) is 0 Å². The zero-order valence-electron chi connectivity index (χ0n) is 6.92. The first-order valence-corrected chi connectivity index (χ1v) is 6.02. The van der Waals surface area contributed by atoms with Crippen molar-refractivity contribution < 1.29 is 43.2 Å². The molecule has 0 aromatic carbocycles. The van der Waals surface area contributed by atoms with E-state index in [2.05, 4.69) is 0 Å². The molecule has 0 aliphatic rings. The molecule has 0 aromatic heterocycles. The maximum atomic E-state index is 12.2. The predicted octanol–water partition coefficient (Wildman–Crippen LogP) is 0.318. The topological polar surface area (TPSA) is 80.3 Å². The fourth-order valence-corrected chi connectivity index (χ4v) is 2.49. The molecule has 0 fully saturated rings. The van der Waals surface area contributed by atoms with Crippen LogP contribution in [0.2, 0.25) is 0 Å². The molecule has 5 nitrogen and oxygen atoms in total. The van der Waals surface area contributed by atoms with Gasteiger partial charge in [0.25, 0.3) is 10.0 Å². The Kier molecular flexibility index (Phi) is 3.89. The van der Waals surface area contributed by atoms with Gasteiger partial charge in [-0.25, -0.2) is 21.2 Å². The van der Waals surface area contributed by atoms with Crippen LogP contribution in [0.15, 0.2) is 0 Å². The molecule has 0 aliphatic heterocycles. The van der Waals surface area contributed by atoms with E-state index in [9.17, 15) is 43.2 Å². The van der Waals surface area contributed by atoms with Crippen molar-refractivity contribution in [3.8, 4) is 0 Å². The van der Waals surface area contributed by atoms with Crippen LogP contribution in [0.4, 0.5) is 26.3 Å². The molecule has 0 aliphatic carbocycles. The first-order chi connectivity index (χ1) is 6.77. The van der Waals surface area contributed by atoms with Gasteiger partial charge in [-0.1, -0.05) is 4.13 Å². The summed E-state index contributed by atoms with van der Waals surface area (Å²) in [7, 11) is -12.9. The Hall–Kier alpha value is -0.560. The quantitative estimate of drug-likeness (QED) is 0.757. The van der Waals surface area contributed by atoms with Gasteiger partial charge in [0.15, 0.2) is 6.67 Å². The number of rotatable bonds is 4. The van der Waals surface area contributed by atoms with E-state index in [4.69, 9.17) is 0 Å². The van der Waals surface area contributed by atoms with Crippen molar-refractivity contribution in [1.29, 1.82) is 0 Å². The molecule has 0 aromatic rings. The monoisotopic (exact) mass is 295 g/mol. The molecule has 0 saturated carbocycles. The van der Waals surface area contributed by atoms with E-state index in [1.165, 1.54) is 0 Å². The van der Waals surface area contributed by atoms with Gasteiger partial charge >= 0.3 is 20.8 Å². The molecule has 1 N–H and O–H groups in total. The predicted molar refractivity (Wildman–Crippen MR) is 38.0 cm³/mol. The normalized spacial score (nSPS) is 15.1. The van der Waals surface area contributed by atoms with Gasteiger partial charge in [0, 0.05) is 0 Å². The molecular weight excluding hydrogens is 292 g/mol. The van der Waals surface area contributed by atoms with Crippen LogP contribution in [0.25, 0.3) is 0 Å². The molecule has 0 spiro atoms. The number of hydrogen-bond acceptors (Lipinski definition) is 4. The fraction of sp³-hybridized carbons (Fsp3) is 1.00. The Morgan fingerprint density at radius 1 is 0.875 bits per heavy atom. The Balaban J connectivity index is 5.34. The molecule has 98 valence electrons. The van der Waals surface area contributed by atoms with Gasteiger partial charge in [-0.3, -0.25) is 0 Å². The minimum atomic E-state index is -6.53. The minimum absolute atomic E-state index is 0.307. The van der Waals surface area contributed by atoms with Crippen LogP contribution < -0.4 is 4.13 Å². The van der Waals surface area contributed by atoms with E-state index < -0.39 is 37.5 Å². The Labute approximate surface area is 85.5 Å². The summed E-state index contributed by atoms with van der Waals surface area (Å²) in [5.41, 5.74) is -6.10. The van der Waals surface area contributed by atoms with Crippen LogP contribution in [0.1, 0.15) is 0 Å². The lowest BCUT2D eigenvalue weighted by atomic mass is 10.8. The number of nitrogens with one attached hydrogen (secondary N) is 1. The largest absolute Gasteiger partial charge is 0.512 e. The van der Waals surface area contributed by atoms with Crippen LogP contribution in [-0.2, 0) is 20.0 Å². The Morgan fingerprint density at radius 2 is 1.25 bits per heavy atom. The van der Waals surface area contributed by atoms with E-state index in [1.54, 1.807) is 0 Å². The molecule has 0 rings (SSSR count). The van der Waals surface area contributed by atoms with Crippen LogP contribution in [-0.4, -0.2) is 34.3 Å². The summed E-state index contributed by atoms with van der Waals surface area (Å²) in [4.78, 5) is 0. The molecule has 13 heteroatoms. The SMILES string of the molecule is O=S(=O)(NS(=O)(=O)C(F)(F)CF)C(F)(F)F. The van der Waals surface area contributed by atoms with Crippen molar-refractivity contribution in [3.05, 3.63) is 0 Å². The molecule has 0 bridgehead atoms. The summed E-state index contributed by atoms with van der Waals surface area (Å²) in [6.45, 7) is -2.87. The second kappa shape index (κ2) is 4.03. The molecule has 0 unspecified atom stereocenters. The summed E-state index contributed by atoms with van der Waals surface area (Å²) in [6, 6.07) is 0. The van der Waals surface area contributed by atoms with Crippen LogP contribution in [0, 0.1) is 0 Å². The molecule has 0 atom stereocenters. The second-order valence-electron chi connectivity index (χ2n) is 2.31. The third kappa shape index (κ3) is 2.98. The molecule has 0 saturated heterocycles. The smallest absolute Gasteiger partial charge is 0.243 e. The highest BCUT2D eigenvalue weighted by atomic mass is 32.3. The van der Waals surface area contributed by atoms with Crippen molar-refractivity contribution >= 4 is 20.0 Å². The lowest BCUT2D eigenvalue weighted by molar-refractivity contribution is -0.0442. The lowest BCUT2D eigenvalue weighted by Crippen LogP contribution is -2.48. The van der Waals surface area contributed by atoms with Crippen molar-refractivity contribution in [1.82, 2.24) is 4.13 Å². The Morgan fingerprint density at radius 3 is 1.50 bits per heavy atom.